The molecule has 0 aliphatic carbocycles. The lowest BCUT2D eigenvalue weighted by atomic mass is 10.7. The molecular weight excluding hydrogens is 263 g/mol. The fraction of sp³-hybridized carbons (Fsp3) is 0.625. The molecule has 0 rings (SSSR count). The van der Waals surface area contributed by atoms with Gasteiger partial charge in [-0.05, 0) is 0 Å². The maximum atomic E-state index is 10.9. The quantitative estimate of drug-likeness (QED) is 0.318. The Morgan fingerprint density at radius 1 is 1.36 bits per heavy atom. The lowest BCUT2D eigenvalue weighted by molar-refractivity contribution is -0.141. The van der Waals surface area contributed by atoms with Gasteiger partial charge in [0.1, 0.15) is 8.07 Å². The summed E-state index contributed by atoms with van der Waals surface area (Å²) in [7, 11) is -1.43. The minimum atomic E-state index is -2.01. The maximum Gasteiger partial charge on any atom is 0.359 e. The minimum Gasteiger partial charge on any atom is -0.449 e. The molecule has 0 saturated heterocycles. The molecule has 0 radical (unpaired) electrons. The summed E-state index contributed by atoms with van der Waals surface area (Å²) in [4.78, 5) is 10.9. The summed E-state index contributed by atoms with van der Waals surface area (Å²) >= 11 is 15.8. The molecule has 80 valence electrons. The van der Waals surface area contributed by atoms with Crippen LogP contribution in [0.15, 0.2) is 0 Å². The first-order valence-corrected chi connectivity index (χ1v) is 8.50. The Kier molecular flexibility index (Phi) is 5.31. The summed E-state index contributed by atoms with van der Waals surface area (Å²) in [6.07, 6.45) is 0. The summed E-state index contributed by atoms with van der Waals surface area (Å²) in [6.45, 7) is 6.21. The number of esters is 1. The fourth-order valence-corrected chi connectivity index (χ4v) is 1.25. The summed E-state index contributed by atoms with van der Waals surface area (Å²) < 4.78 is 2.60. The molecule has 2 nitrogen and oxygen atoms in total. The van der Waals surface area contributed by atoms with Crippen molar-refractivity contribution < 1.29 is 9.53 Å². The minimum absolute atomic E-state index is 0.0307. The first-order chi connectivity index (χ1) is 6.13. The molecule has 0 bridgehead atoms. The highest BCUT2D eigenvalue weighted by Gasteiger charge is 2.32. The highest BCUT2D eigenvalue weighted by Crippen LogP contribution is 2.27. The molecule has 0 saturated carbocycles. The van der Waals surface area contributed by atoms with Crippen LogP contribution in [0.1, 0.15) is 0 Å². The van der Waals surface area contributed by atoms with E-state index in [9.17, 15) is 4.79 Å². The number of ether oxygens (including phenoxy) is 1. The van der Waals surface area contributed by atoms with Crippen molar-refractivity contribution in [1.29, 1.82) is 0 Å². The second kappa shape index (κ2) is 5.27. The number of carbonyl (C=O) groups excluding carboxylic acids is 1. The van der Waals surface area contributed by atoms with E-state index >= 15 is 0 Å². The van der Waals surface area contributed by atoms with Crippen LogP contribution in [-0.2, 0) is 9.53 Å². The van der Waals surface area contributed by atoms with Gasteiger partial charge in [0.25, 0.3) is 3.79 Å². The first kappa shape index (κ1) is 14.1. The van der Waals surface area contributed by atoms with Crippen molar-refractivity contribution in [3.63, 3.8) is 0 Å². The molecule has 6 heteroatoms. The van der Waals surface area contributed by atoms with Crippen LogP contribution in [0.4, 0.5) is 0 Å². The smallest absolute Gasteiger partial charge is 0.359 e. The highest BCUT2D eigenvalue weighted by molar-refractivity contribution is 6.83. The third-order valence-corrected chi connectivity index (χ3v) is 2.36. The number of hydrogen-bond acceptors (Lipinski definition) is 2. The Morgan fingerprint density at radius 3 is 2.21 bits per heavy atom. The van der Waals surface area contributed by atoms with E-state index in [1.54, 1.807) is 0 Å². The first-order valence-electron chi connectivity index (χ1n) is 3.87. The zero-order chi connectivity index (χ0) is 11.4. The van der Waals surface area contributed by atoms with E-state index in [0.29, 0.717) is 0 Å². The van der Waals surface area contributed by atoms with E-state index in [1.807, 2.05) is 0 Å². The standard InChI is InChI=1S/C8H11Cl3O2Si/c1-14(2,3)6-4-5-13-7(12)8(9,10)11/h5H2,1-3H3. The van der Waals surface area contributed by atoms with E-state index in [2.05, 4.69) is 35.8 Å². The molecule has 0 aromatic carbocycles. The SMILES string of the molecule is C[Si](C)(C)C#CCOC(=O)C(Cl)(Cl)Cl. The molecule has 0 unspecified atom stereocenters. The summed E-state index contributed by atoms with van der Waals surface area (Å²) in [5, 5.41) is 0. The van der Waals surface area contributed by atoms with Gasteiger partial charge in [0.15, 0.2) is 6.61 Å². The predicted octanol–water partition coefficient (Wildman–Crippen LogP) is 2.78. The van der Waals surface area contributed by atoms with Crippen molar-refractivity contribution in [2.45, 2.75) is 23.4 Å². The van der Waals surface area contributed by atoms with Crippen LogP contribution in [0.25, 0.3) is 0 Å². The van der Waals surface area contributed by atoms with Crippen LogP contribution in [0.2, 0.25) is 19.6 Å². The van der Waals surface area contributed by atoms with Gasteiger partial charge < -0.3 is 4.74 Å². The van der Waals surface area contributed by atoms with E-state index in [4.69, 9.17) is 34.8 Å². The molecule has 0 spiro atoms. The van der Waals surface area contributed by atoms with Gasteiger partial charge in [-0.25, -0.2) is 4.79 Å². The van der Waals surface area contributed by atoms with Gasteiger partial charge in [-0.15, -0.1) is 5.54 Å². The van der Waals surface area contributed by atoms with Crippen molar-refractivity contribution in [3.05, 3.63) is 0 Å². The Hall–Kier alpha value is 0.117. The predicted molar refractivity (Wildman–Crippen MR) is 62.4 cm³/mol. The van der Waals surface area contributed by atoms with Gasteiger partial charge in [-0.3, -0.25) is 0 Å². The van der Waals surface area contributed by atoms with Gasteiger partial charge in [0, 0.05) is 0 Å². The van der Waals surface area contributed by atoms with Crippen LogP contribution in [-0.4, -0.2) is 24.4 Å². The van der Waals surface area contributed by atoms with E-state index in [-0.39, 0.29) is 6.61 Å². The number of rotatable bonds is 1. The Labute approximate surface area is 99.9 Å². The van der Waals surface area contributed by atoms with Crippen LogP contribution in [0.5, 0.6) is 0 Å². The molecule has 14 heavy (non-hydrogen) atoms. The van der Waals surface area contributed by atoms with E-state index in [0.717, 1.165) is 0 Å². The van der Waals surface area contributed by atoms with Gasteiger partial charge in [0.05, 0.1) is 0 Å². The van der Waals surface area contributed by atoms with Crippen LogP contribution < -0.4 is 0 Å². The normalized spacial score (nSPS) is 11.6. The second-order valence-corrected chi connectivity index (χ2v) is 10.7. The number of alkyl halides is 3. The largest absolute Gasteiger partial charge is 0.449 e. The summed E-state index contributed by atoms with van der Waals surface area (Å²) in [6, 6.07) is 0. The Balaban J connectivity index is 3.97. The number of carbonyl (C=O) groups is 1. The Bertz CT molecular complexity index is 267. The van der Waals surface area contributed by atoms with Crippen LogP contribution >= 0.6 is 34.8 Å². The molecular formula is C8H11Cl3O2Si. The fourth-order valence-electron chi connectivity index (χ4n) is 0.485. The van der Waals surface area contributed by atoms with Gasteiger partial charge in [-0.1, -0.05) is 60.4 Å². The molecule has 0 aromatic heterocycles. The topological polar surface area (TPSA) is 26.3 Å². The van der Waals surface area contributed by atoms with Gasteiger partial charge in [-0.2, -0.15) is 0 Å². The zero-order valence-electron chi connectivity index (χ0n) is 8.16. The lowest BCUT2D eigenvalue weighted by Crippen LogP contribution is -2.22. The maximum absolute atomic E-state index is 10.9. The molecule has 0 aromatic rings. The number of halogens is 3. The highest BCUT2D eigenvalue weighted by atomic mass is 35.6. The second-order valence-electron chi connectivity index (χ2n) is 3.63. The van der Waals surface area contributed by atoms with Crippen LogP contribution in [0.3, 0.4) is 0 Å². The average molecular weight is 274 g/mol. The van der Waals surface area contributed by atoms with Crippen molar-refractivity contribution in [2.24, 2.45) is 0 Å². The molecule has 0 amide bonds. The van der Waals surface area contributed by atoms with E-state index in [1.165, 1.54) is 0 Å². The molecule has 0 atom stereocenters. The Morgan fingerprint density at radius 2 is 1.86 bits per heavy atom. The third kappa shape index (κ3) is 7.51. The van der Waals surface area contributed by atoms with Crippen molar-refractivity contribution in [2.75, 3.05) is 6.61 Å². The monoisotopic (exact) mass is 272 g/mol. The molecule has 0 N–H and O–H groups in total. The molecule has 0 aliphatic rings. The van der Waals surface area contributed by atoms with E-state index < -0.39 is 17.8 Å². The van der Waals surface area contributed by atoms with Crippen molar-refractivity contribution in [3.8, 4) is 11.5 Å². The van der Waals surface area contributed by atoms with Crippen molar-refractivity contribution in [1.82, 2.24) is 0 Å². The van der Waals surface area contributed by atoms with Crippen LogP contribution in [0, 0.1) is 11.5 Å². The molecule has 0 heterocycles. The summed E-state index contributed by atoms with van der Waals surface area (Å²) in [5.41, 5.74) is 3.01. The third-order valence-electron chi connectivity index (χ3n) is 0.970. The van der Waals surface area contributed by atoms with Gasteiger partial charge >= 0.3 is 5.97 Å². The van der Waals surface area contributed by atoms with Gasteiger partial charge in [0.2, 0.25) is 0 Å². The molecule has 0 fully saturated rings. The molecule has 0 aliphatic heterocycles. The lowest BCUT2D eigenvalue weighted by Gasteiger charge is -2.08. The summed E-state index contributed by atoms with van der Waals surface area (Å²) in [5.74, 6) is 1.83. The zero-order valence-corrected chi connectivity index (χ0v) is 11.4. The average Bonchev–Trinajstić information content (AvgIpc) is 1.93. The van der Waals surface area contributed by atoms with Crippen molar-refractivity contribution >= 4 is 48.8 Å². The number of hydrogen-bond donors (Lipinski definition) is 0.